The Morgan fingerprint density at radius 2 is 1.95 bits per heavy atom. The minimum Gasteiger partial charge on any atom is -0.361 e. The van der Waals surface area contributed by atoms with Gasteiger partial charge in [-0.2, -0.15) is 10.2 Å². The van der Waals surface area contributed by atoms with Gasteiger partial charge >= 0.3 is 0 Å². The van der Waals surface area contributed by atoms with Gasteiger partial charge in [-0.25, -0.2) is 13.5 Å². The van der Waals surface area contributed by atoms with Gasteiger partial charge in [0.05, 0.1) is 17.6 Å². The van der Waals surface area contributed by atoms with Gasteiger partial charge in [-0.1, -0.05) is 28.8 Å². The molecule has 3 atom stereocenters. The molecule has 5 aromatic rings. The molecule has 212 valence electrons. The lowest BCUT2D eigenvalue weighted by Gasteiger charge is -2.25. The Labute approximate surface area is 239 Å². The van der Waals surface area contributed by atoms with Crippen LogP contribution >= 0.6 is 11.5 Å². The van der Waals surface area contributed by atoms with Gasteiger partial charge in [0, 0.05) is 61.3 Å². The van der Waals surface area contributed by atoms with Crippen molar-refractivity contribution in [3.63, 3.8) is 0 Å². The van der Waals surface area contributed by atoms with E-state index in [0.29, 0.717) is 31.0 Å². The number of hydrogen-bond donors (Lipinski definition) is 3. The van der Waals surface area contributed by atoms with Crippen LogP contribution in [0, 0.1) is 18.6 Å². The van der Waals surface area contributed by atoms with E-state index in [1.807, 2.05) is 55.9 Å². The van der Waals surface area contributed by atoms with Crippen LogP contribution in [0.1, 0.15) is 22.7 Å². The van der Waals surface area contributed by atoms with Crippen molar-refractivity contribution in [3.05, 3.63) is 94.8 Å². The van der Waals surface area contributed by atoms with E-state index in [4.69, 9.17) is 5.10 Å². The first-order valence-corrected chi connectivity index (χ1v) is 14.0. The fourth-order valence-corrected chi connectivity index (χ4v) is 5.80. The van der Waals surface area contributed by atoms with Gasteiger partial charge in [-0.15, -0.1) is 5.10 Å². The summed E-state index contributed by atoms with van der Waals surface area (Å²) in [5, 5.41) is 32.9. The molecule has 0 saturated carbocycles. The zero-order valence-electron chi connectivity index (χ0n) is 22.4. The number of likely N-dealkylation sites (tertiary alicyclic amines) is 1. The maximum absolute atomic E-state index is 14.2. The SMILES string of the molecule is Cc1c(-c2cnn(C)c2)nn(-c2ccccc2)c1NC(O)NC1CN(Cc2csnn2)CC1c1ccc(F)c(F)c1. The molecular formula is C28H29F2N9OS. The van der Waals surface area contributed by atoms with Crippen LogP contribution in [0.5, 0.6) is 0 Å². The highest BCUT2D eigenvalue weighted by Crippen LogP contribution is 2.32. The number of halogens is 2. The molecule has 4 heterocycles. The number of aryl methyl sites for hydroxylation is 1. The van der Waals surface area contributed by atoms with Crippen LogP contribution in [0.25, 0.3) is 16.9 Å². The molecule has 3 aromatic heterocycles. The van der Waals surface area contributed by atoms with Crippen molar-refractivity contribution >= 4 is 17.4 Å². The van der Waals surface area contributed by atoms with Gasteiger partial charge in [0.2, 0.25) is 0 Å². The van der Waals surface area contributed by atoms with Crippen LogP contribution in [-0.4, -0.2) is 64.6 Å². The zero-order valence-corrected chi connectivity index (χ0v) is 23.3. The highest BCUT2D eigenvalue weighted by Gasteiger charge is 2.36. The number of benzene rings is 2. The van der Waals surface area contributed by atoms with Crippen molar-refractivity contribution in [1.29, 1.82) is 0 Å². The van der Waals surface area contributed by atoms with E-state index in [1.165, 1.54) is 17.6 Å². The Hall–Kier alpha value is -4.04. The Kier molecular flexibility index (Phi) is 7.58. The van der Waals surface area contributed by atoms with Gasteiger partial charge in [0.1, 0.15) is 11.5 Å². The molecule has 1 fully saturated rings. The predicted molar refractivity (Wildman–Crippen MR) is 151 cm³/mol. The first-order chi connectivity index (χ1) is 19.9. The number of aliphatic hydroxyl groups is 1. The van der Waals surface area contributed by atoms with E-state index in [1.54, 1.807) is 21.6 Å². The summed E-state index contributed by atoms with van der Waals surface area (Å²) in [7, 11) is 1.85. The highest BCUT2D eigenvalue weighted by atomic mass is 32.1. The summed E-state index contributed by atoms with van der Waals surface area (Å²) in [6, 6.07) is 13.3. The fraction of sp³-hybridized carbons (Fsp3) is 0.286. The molecule has 13 heteroatoms. The van der Waals surface area contributed by atoms with Crippen molar-refractivity contribution in [3.8, 4) is 16.9 Å². The lowest BCUT2D eigenvalue weighted by molar-refractivity contribution is 0.145. The van der Waals surface area contributed by atoms with Gasteiger partial charge in [0.25, 0.3) is 0 Å². The Morgan fingerprint density at radius 1 is 1.12 bits per heavy atom. The van der Waals surface area contributed by atoms with Crippen molar-refractivity contribution in [2.75, 3.05) is 18.4 Å². The molecule has 1 aliphatic rings. The summed E-state index contributed by atoms with van der Waals surface area (Å²) in [6.07, 6.45) is 2.47. The molecule has 3 N–H and O–H groups in total. The van der Waals surface area contributed by atoms with Crippen molar-refractivity contribution in [2.45, 2.75) is 31.8 Å². The number of aromatic nitrogens is 6. The molecule has 0 radical (unpaired) electrons. The van der Waals surface area contributed by atoms with Crippen molar-refractivity contribution in [2.24, 2.45) is 7.05 Å². The minimum absolute atomic E-state index is 0.209. The molecular weight excluding hydrogens is 548 g/mol. The predicted octanol–water partition coefficient (Wildman–Crippen LogP) is 3.66. The van der Waals surface area contributed by atoms with Crippen LogP contribution in [0.3, 0.4) is 0 Å². The van der Waals surface area contributed by atoms with Gasteiger partial charge in [-0.05, 0) is 48.3 Å². The number of anilines is 1. The monoisotopic (exact) mass is 577 g/mol. The number of rotatable bonds is 9. The molecule has 3 unspecified atom stereocenters. The molecule has 0 bridgehead atoms. The number of nitrogens with one attached hydrogen (secondary N) is 2. The number of aliphatic hydroxyl groups excluding tert-OH is 1. The van der Waals surface area contributed by atoms with Gasteiger partial charge < -0.3 is 10.4 Å². The summed E-state index contributed by atoms with van der Waals surface area (Å²) in [5.74, 6) is -1.38. The van der Waals surface area contributed by atoms with Gasteiger partial charge in [-0.3, -0.25) is 14.9 Å². The molecule has 1 aliphatic heterocycles. The molecule has 1 saturated heterocycles. The van der Waals surface area contributed by atoms with E-state index in [9.17, 15) is 13.9 Å². The first kappa shape index (κ1) is 27.1. The normalized spacial score (nSPS) is 18.2. The smallest absolute Gasteiger partial charge is 0.182 e. The largest absolute Gasteiger partial charge is 0.361 e. The second-order valence-electron chi connectivity index (χ2n) is 10.2. The fourth-order valence-electron chi connectivity index (χ4n) is 5.36. The van der Waals surface area contributed by atoms with Crippen LogP contribution in [-0.2, 0) is 13.6 Å². The Balaban J connectivity index is 1.27. The maximum atomic E-state index is 14.2. The lowest BCUT2D eigenvalue weighted by Crippen LogP contribution is -2.46. The second kappa shape index (κ2) is 11.4. The molecule has 0 spiro atoms. The third-order valence-corrected chi connectivity index (χ3v) is 7.86. The molecule has 6 rings (SSSR count). The Bertz CT molecular complexity index is 1620. The third kappa shape index (κ3) is 5.75. The summed E-state index contributed by atoms with van der Waals surface area (Å²) in [6.45, 7) is 3.62. The Morgan fingerprint density at radius 3 is 2.66 bits per heavy atom. The van der Waals surface area contributed by atoms with E-state index in [-0.39, 0.29) is 12.0 Å². The molecule has 0 amide bonds. The van der Waals surface area contributed by atoms with E-state index in [0.717, 1.165) is 34.3 Å². The average Bonchev–Trinajstić information content (AvgIpc) is 3.76. The van der Waals surface area contributed by atoms with Gasteiger partial charge in [0.15, 0.2) is 18.0 Å². The molecule has 0 aliphatic carbocycles. The third-order valence-electron chi connectivity index (χ3n) is 7.30. The molecule has 10 nitrogen and oxygen atoms in total. The summed E-state index contributed by atoms with van der Waals surface area (Å²) >= 11 is 1.28. The maximum Gasteiger partial charge on any atom is 0.182 e. The lowest BCUT2D eigenvalue weighted by atomic mass is 9.94. The topological polar surface area (TPSA) is 109 Å². The number of nitrogens with zero attached hydrogens (tertiary/aromatic N) is 7. The standard InChI is InChI=1S/C28H29F2N9OS/c1-17-26(19-11-31-37(2)12-19)35-39(21-6-4-3-5-7-21)27(17)33-28(40)32-25-15-38(13-20-16-41-36-34-20)14-22(25)18-8-9-23(29)24(30)10-18/h3-12,16,22,25,28,32-33,40H,13-15H2,1-2H3. The first-order valence-electron chi connectivity index (χ1n) is 13.1. The van der Waals surface area contributed by atoms with Crippen LogP contribution in [0.4, 0.5) is 14.6 Å². The average molecular weight is 578 g/mol. The molecule has 2 aromatic carbocycles. The van der Waals surface area contributed by atoms with Crippen molar-refractivity contribution < 1.29 is 13.9 Å². The van der Waals surface area contributed by atoms with Crippen LogP contribution in [0.15, 0.2) is 66.3 Å². The summed E-state index contributed by atoms with van der Waals surface area (Å²) in [5.41, 5.74) is 4.74. The van der Waals surface area contributed by atoms with E-state index >= 15 is 0 Å². The summed E-state index contributed by atoms with van der Waals surface area (Å²) < 4.78 is 35.3. The molecule has 41 heavy (non-hydrogen) atoms. The zero-order chi connectivity index (χ0) is 28.5. The quantitative estimate of drug-likeness (QED) is 0.228. The van der Waals surface area contributed by atoms with Crippen LogP contribution < -0.4 is 10.6 Å². The highest BCUT2D eigenvalue weighted by molar-refractivity contribution is 7.03. The van der Waals surface area contributed by atoms with Crippen LogP contribution in [0.2, 0.25) is 0 Å². The van der Waals surface area contributed by atoms with E-state index < -0.39 is 18.0 Å². The number of hydrogen-bond acceptors (Lipinski definition) is 9. The second-order valence-corrected chi connectivity index (χ2v) is 10.8. The van der Waals surface area contributed by atoms with Crippen molar-refractivity contribution in [1.82, 2.24) is 39.4 Å². The summed E-state index contributed by atoms with van der Waals surface area (Å²) in [4.78, 5) is 2.16. The van der Waals surface area contributed by atoms with E-state index in [2.05, 4.69) is 30.2 Å². The number of para-hydroxylation sites is 1. The minimum atomic E-state index is -1.17.